The lowest BCUT2D eigenvalue weighted by molar-refractivity contribution is -0.143. The fourth-order valence-electron chi connectivity index (χ4n) is 3.72. The number of hydrogen-bond donors (Lipinski definition) is 1. The van der Waals surface area contributed by atoms with E-state index in [1.54, 1.807) is 19.1 Å². The summed E-state index contributed by atoms with van der Waals surface area (Å²) in [5.41, 5.74) is 3.53. The molecule has 0 spiro atoms. The average molecular weight is 395 g/mol. The zero-order chi connectivity index (χ0) is 20.8. The van der Waals surface area contributed by atoms with Gasteiger partial charge in [0.25, 0.3) is 5.91 Å². The normalized spacial score (nSPS) is 15.0. The number of anilines is 1. The Labute approximate surface area is 170 Å². The van der Waals surface area contributed by atoms with Crippen molar-refractivity contribution in [2.45, 2.75) is 32.7 Å². The molecule has 1 N–H and O–H groups in total. The number of rotatable bonds is 8. The zero-order valence-corrected chi connectivity index (χ0v) is 16.7. The second-order valence-electron chi connectivity index (χ2n) is 6.94. The largest absolute Gasteiger partial charge is 0.466 e. The lowest BCUT2D eigenvalue weighted by Gasteiger charge is -2.21. The Balaban J connectivity index is 1.82. The van der Waals surface area contributed by atoms with E-state index in [0.717, 1.165) is 16.8 Å². The van der Waals surface area contributed by atoms with E-state index in [0.29, 0.717) is 38.2 Å². The lowest BCUT2D eigenvalue weighted by Crippen LogP contribution is -2.24. The number of esters is 1. The summed E-state index contributed by atoms with van der Waals surface area (Å²) in [6.07, 6.45) is 0.316. The number of nitroso groups, excluding NO2 is 1. The molecule has 2 aromatic carbocycles. The summed E-state index contributed by atoms with van der Waals surface area (Å²) in [4.78, 5) is 37.5. The average Bonchev–Trinajstić information content (AvgIpc) is 3.06. The van der Waals surface area contributed by atoms with Crippen LogP contribution in [0.2, 0.25) is 0 Å². The maximum absolute atomic E-state index is 12.0. The molecule has 2 aromatic rings. The van der Waals surface area contributed by atoms with Gasteiger partial charge in [-0.05, 0) is 42.8 Å². The van der Waals surface area contributed by atoms with Crippen molar-refractivity contribution in [3.63, 3.8) is 0 Å². The SMILES string of the molecule is CCNC(=O)c1ccc(CN2CC(CC(=O)OCC)c3ccccc32)c(N=O)c1. The van der Waals surface area contributed by atoms with Gasteiger partial charge in [0.05, 0.1) is 13.0 Å². The van der Waals surface area contributed by atoms with Crippen LogP contribution in [0.3, 0.4) is 0 Å². The maximum atomic E-state index is 12.0. The molecule has 29 heavy (non-hydrogen) atoms. The molecule has 1 aliphatic heterocycles. The van der Waals surface area contributed by atoms with Crippen LogP contribution in [-0.4, -0.2) is 31.6 Å². The van der Waals surface area contributed by atoms with Crippen molar-refractivity contribution in [3.8, 4) is 0 Å². The number of carbonyl (C=O) groups is 2. The second-order valence-corrected chi connectivity index (χ2v) is 6.94. The molecule has 0 saturated carbocycles. The van der Waals surface area contributed by atoms with Gasteiger partial charge in [0.2, 0.25) is 0 Å². The topological polar surface area (TPSA) is 88.1 Å². The predicted octanol–water partition coefficient (Wildman–Crippen LogP) is 3.89. The molecule has 3 rings (SSSR count). The van der Waals surface area contributed by atoms with E-state index >= 15 is 0 Å². The molecule has 7 nitrogen and oxygen atoms in total. The summed E-state index contributed by atoms with van der Waals surface area (Å²) in [6.45, 7) is 5.62. The lowest BCUT2D eigenvalue weighted by atomic mass is 9.98. The van der Waals surface area contributed by atoms with Gasteiger partial charge in [-0.1, -0.05) is 24.3 Å². The van der Waals surface area contributed by atoms with Crippen LogP contribution in [0.5, 0.6) is 0 Å². The first-order valence-electron chi connectivity index (χ1n) is 9.81. The second kappa shape index (κ2) is 9.32. The monoisotopic (exact) mass is 395 g/mol. The van der Waals surface area contributed by atoms with Gasteiger partial charge in [-0.2, -0.15) is 0 Å². The zero-order valence-electron chi connectivity index (χ0n) is 16.7. The first-order valence-corrected chi connectivity index (χ1v) is 9.81. The van der Waals surface area contributed by atoms with Gasteiger partial charge in [0, 0.05) is 42.4 Å². The molecule has 0 bridgehead atoms. The van der Waals surface area contributed by atoms with E-state index < -0.39 is 0 Å². The first kappa shape index (κ1) is 20.5. The van der Waals surface area contributed by atoms with E-state index in [4.69, 9.17) is 4.74 Å². The third-order valence-corrected chi connectivity index (χ3v) is 5.02. The Morgan fingerprint density at radius 3 is 2.72 bits per heavy atom. The molecular weight excluding hydrogens is 370 g/mol. The van der Waals surface area contributed by atoms with Crippen molar-refractivity contribution in [2.75, 3.05) is 24.6 Å². The Bertz CT molecular complexity index is 913. The van der Waals surface area contributed by atoms with E-state index in [9.17, 15) is 14.5 Å². The highest BCUT2D eigenvalue weighted by molar-refractivity contribution is 5.95. The summed E-state index contributed by atoms with van der Waals surface area (Å²) >= 11 is 0. The quantitative estimate of drug-likeness (QED) is 0.541. The molecule has 1 heterocycles. The molecule has 1 atom stereocenters. The van der Waals surface area contributed by atoms with Gasteiger partial charge < -0.3 is 15.0 Å². The van der Waals surface area contributed by atoms with Crippen LogP contribution < -0.4 is 10.2 Å². The molecule has 0 fully saturated rings. The predicted molar refractivity (Wildman–Crippen MR) is 111 cm³/mol. The van der Waals surface area contributed by atoms with Crippen LogP contribution in [0, 0.1) is 4.91 Å². The minimum absolute atomic E-state index is 0.0347. The summed E-state index contributed by atoms with van der Waals surface area (Å²) in [7, 11) is 0. The number of benzene rings is 2. The molecule has 0 aliphatic carbocycles. The number of nitrogens with one attached hydrogen (secondary N) is 1. The number of hydrogen-bond acceptors (Lipinski definition) is 6. The van der Waals surface area contributed by atoms with Crippen molar-refractivity contribution in [3.05, 3.63) is 64.1 Å². The van der Waals surface area contributed by atoms with Gasteiger partial charge in [-0.25, -0.2) is 0 Å². The van der Waals surface area contributed by atoms with E-state index in [1.165, 1.54) is 6.07 Å². The van der Waals surface area contributed by atoms with E-state index in [1.807, 2.05) is 31.2 Å². The number of para-hydroxylation sites is 1. The molecule has 0 radical (unpaired) electrons. The minimum atomic E-state index is -0.232. The van der Waals surface area contributed by atoms with Crippen LogP contribution in [-0.2, 0) is 16.1 Å². The fourth-order valence-corrected chi connectivity index (χ4v) is 3.72. The standard InChI is InChI=1S/C22H25N3O4/c1-3-23-22(27)15-9-10-16(19(11-15)24-28)13-25-14-17(12-21(26)29-4-2)18-7-5-6-8-20(18)25/h5-11,17H,3-4,12-14H2,1-2H3,(H,23,27). The molecule has 0 saturated heterocycles. The third kappa shape index (κ3) is 4.62. The van der Waals surface area contributed by atoms with Crippen LogP contribution in [0.25, 0.3) is 0 Å². The summed E-state index contributed by atoms with van der Waals surface area (Å²) in [5.74, 6) is -0.409. The van der Waals surface area contributed by atoms with Crippen LogP contribution in [0.1, 0.15) is 47.7 Å². The molecular formula is C22H25N3O4. The van der Waals surface area contributed by atoms with Gasteiger partial charge in [-0.15, -0.1) is 4.91 Å². The Morgan fingerprint density at radius 1 is 1.21 bits per heavy atom. The summed E-state index contributed by atoms with van der Waals surface area (Å²) in [5, 5.41) is 5.85. The molecule has 1 aliphatic rings. The van der Waals surface area contributed by atoms with Crippen LogP contribution >= 0.6 is 0 Å². The molecule has 0 aromatic heterocycles. The first-order chi connectivity index (χ1) is 14.1. The van der Waals surface area contributed by atoms with Crippen LogP contribution in [0.15, 0.2) is 47.6 Å². The summed E-state index contributed by atoms with van der Waals surface area (Å²) in [6, 6.07) is 12.9. The number of nitrogens with zero attached hydrogens (tertiary/aromatic N) is 2. The Kier molecular flexibility index (Phi) is 6.59. The van der Waals surface area contributed by atoms with Crippen molar-refractivity contribution in [2.24, 2.45) is 5.18 Å². The van der Waals surface area contributed by atoms with Gasteiger partial charge in [0.1, 0.15) is 5.69 Å². The van der Waals surface area contributed by atoms with Crippen molar-refractivity contribution in [1.29, 1.82) is 0 Å². The van der Waals surface area contributed by atoms with Crippen LogP contribution in [0.4, 0.5) is 11.4 Å². The van der Waals surface area contributed by atoms with E-state index in [-0.39, 0.29) is 23.5 Å². The van der Waals surface area contributed by atoms with Gasteiger partial charge in [0.15, 0.2) is 0 Å². The van der Waals surface area contributed by atoms with Gasteiger partial charge >= 0.3 is 5.97 Å². The number of ether oxygens (including phenoxy) is 1. The highest BCUT2D eigenvalue weighted by Crippen LogP contribution is 2.39. The number of carbonyl (C=O) groups excluding carboxylic acids is 2. The third-order valence-electron chi connectivity index (χ3n) is 5.02. The van der Waals surface area contributed by atoms with Crippen molar-refractivity contribution >= 4 is 23.3 Å². The fraction of sp³-hybridized carbons (Fsp3) is 0.364. The van der Waals surface area contributed by atoms with E-state index in [2.05, 4.69) is 15.4 Å². The minimum Gasteiger partial charge on any atom is -0.466 e. The Hall–Kier alpha value is -3.22. The highest BCUT2D eigenvalue weighted by Gasteiger charge is 2.30. The smallest absolute Gasteiger partial charge is 0.306 e. The maximum Gasteiger partial charge on any atom is 0.306 e. The number of fused-ring (bicyclic) bond motifs is 1. The molecule has 7 heteroatoms. The number of amides is 1. The molecule has 1 unspecified atom stereocenters. The molecule has 1 amide bonds. The van der Waals surface area contributed by atoms with Crippen molar-refractivity contribution < 1.29 is 14.3 Å². The Morgan fingerprint density at radius 2 is 2.00 bits per heavy atom. The van der Waals surface area contributed by atoms with Gasteiger partial charge in [-0.3, -0.25) is 9.59 Å². The molecule has 152 valence electrons. The van der Waals surface area contributed by atoms with Crippen molar-refractivity contribution in [1.82, 2.24) is 5.32 Å². The highest BCUT2D eigenvalue weighted by atomic mass is 16.5. The summed E-state index contributed by atoms with van der Waals surface area (Å²) < 4.78 is 5.11.